The summed E-state index contributed by atoms with van der Waals surface area (Å²) in [6, 6.07) is 4.93. The van der Waals surface area contributed by atoms with Crippen molar-refractivity contribution in [2.75, 3.05) is 37.6 Å². The molecule has 0 radical (unpaired) electrons. The predicted molar refractivity (Wildman–Crippen MR) is 136 cm³/mol. The Morgan fingerprint density at radius 2 is 1.70 bits per heavy atom. The Labute approximate surface area is 227 Å². The van der Waals surface area contributed by atoms with Gasteiger partial charge in [-0.15, -0.1) is 0 Å². The highest BCUT2D eigenvalue weighted by molar-refractivity contribution is 7.90. The number of sulfone groups is 1. The van der Waals surface area contributed by atoms with E-state index in [1.54, 1.807) is 12.2 Å². The average Bonchev–Trinajstić information content (AvgIpc) is 3.10. The first kappa shape index (κ1) is 30.4. The van der Waals surface area contributed by atoms with Gasteiger partial charge in [0.25, 0.3) is 17.7 Å². The van der Waals surface area contributed by atoms with E-state index in [4.69, 9.17) is 9.47 Å². The number of nitrogens with one attached hydrogen (secondary N) is 2. The molecule has 1 heterocycles. The first-order valence-electron chi connectivity index (χ1n) is 11.7. The summed E-state index contributed by atoms with van der Waals surface area (Å²) in [5.74, 6) is -4.37. The number of hydrogen-bond donors (Lipinski definition) is 2. The summed E-state index contributed by atoms with van der Waals surface area (Å²) in [5.41, 5.74) is -1.62. The molecule has 2 aromatic rings. The molecule has 0 spiro atoms. The number of carbonyl (C=O) groups excluding carboxylic acids is 4. The van der Waals surface area contributed by atoms with E-state index in [-0.39, 0.29) is 23.6 Å². The lowest BCUT2D eigenvalue weighted by atomic mass is 10.00. The SMILES string of the molecule is CCOc1cc([C@@H](CS(C)(=O)=O)N2C(=O)c3c(NC(C)=O)ccc(C(=O)NCC(F)(F)F)c3C2=O)ccc1OC. The Balaban J connectivity index is 2.21. The van der Waals surface area contributed by atoms with Crippen LogP contribution in [0.2, 0.25) is 0 Å². The molecule has 1 aliphatic heterocycles. The third kappa shape index (κ3) is 6.70. The van der Waals surface area contributed by atoms with Gasteiger partial charge in [0.1, 0.15) is 16.4 Å². The number of nitrogens with zero attached hydrogens (tertiary/aromatic N) is 1. The fourth-order valence-electron chi connectivity index (χ4n) is 4.20. The summed E-state index contributed by atoms with van der Waals surface area (Å²) in [6.45, 7) is 1.32. The molecule has 11 nitrogen and oxygen atoms in total. The Bertz CT molecular complexity index is 1470. The van der Waals surface area contributed by atoms with E-state index in [1.807, 2.05) is 0 Å². The number of carbonyl (C=O) groups is 4. The summed E-state index contributed by atoms with van der Waals surface area (Å²) < 4.78 is 73.8. The molecule has 0 fully saturated rings. The number of imide groups is 1. The lowest BCUT2D eigenvalue weighted by Crippen LogP contribution is -2.38. The van der Waals surface area contributed by atoms with Crippen molar-refractivity contribution in [2.24, 2.45) is 0 Å². The monoisotopic (exact) mass is 585 g/mol. The third-order valence-electron chi connectivity index (χ3n) is 5.72. The Kier molecular flexibility index (Phi) is 8.77. The van der Waals surface area contributed by atoms with E-state index in [9.17, 15) is 40.8 Å². The van der Waals surface area contributed by atoms with Crippen molar-refractivity contribution >= 4 is 39.2 Å². The van der Waals surface area contributed by atoms with Crippen LogP contribution in [0.25, 0.3) is 0 Å². The number of benzene rings is 2. The van der Waals surface area contributed by atoms with Gasteiger partial charge >= 0.3 is 6.18 Å². The summed E-state index contributed by atoms with van der Waals surface area (Å²) >= 11 is 0. The highest BCUT2D eigenvalue weighted by Crippen LogP contribution is 2.40. The fraction of sp³-hybridized carbons (Fsp3) is 0.360. The maximum atomic E-state index is 13.7. The topological polar surface area (TPSA) is 148 Å². The van der Waals surface area contributed by atoms with Crippen LogP contribution in [0.1, 0.15) is 56.5 Å². The highest BCUT2D eigenvalue weighted by Gasteiger charge is 2.46. The van der Waals surface area contributed by atoms with Crippen LogP contribution in [0.4, 0.5) is 18.9 Å². The standard InChI is InChI=1S/C25H26F3N3O8S/c1-5-39-19-10-14(6-9-18(19)38-3)17(11-40(4,36)37)31-23(34)20-15(22(33)29-12-25(26,27)28)7-8-16(30-13(2)32)21(20)24(31)35/h6-10,17H,5,11-12H2,1-4H3,(H,29,33)(H,30,32)/t17-/m1/s1. The van der Waals surface area contributed by atoms with Crippen LogP contribution in [0.5, 0.6) is 11.5 Å². The molecule has 0 unspecified atom stereocenters. The Morgan fingerprint density at radius 3 is 2.25 bits per heavy atom. The van der Waals surface area contributed by atoms with Crippen molar-refractivity contribution in [1.82, 2.24) is 10.2 Å². The molecule has 15 heteroatoms. The number of alkyl halides is 3. The van der Waals surface area contributed by atoms with Crippen molar-refractivity contribution < 1.29 is 50.2 Å². The minimum absolute atomic E-state index is 0.160. The first-order valence-corrected chi connectivity index (χ1v) is 13.8. The van der Waals surface area contributed by atoms with Crippen molar-refractivity contribution in [1.29, 1.82) is 0 Å². The van der Waals surface area contributed by atoms with Gasteiger partial charge < -0.3 is 20.1 Å². The summed E-state index contributed by atoms with van der Waals surface area (Å²) in [4.78, 5) is 52.6. The molecule has 2 N–H and O–H groups in total. The fourth-order valence-corrected chi connectivity index (χ4v) is 5.11. The average molecular weight is 586 g/mol. The molecule has 4 amide bonds. The van der Waals surface area contributed by atoms with Crippen molar-refractivity contribution in [3.8, 4) is 11.5 Å². The van der Waals surface area contributed by atoms with E-state index >= 15 is 0 Å². The number of ether oxygens (including phenoxy) is 2. The van der Waals surface area contributed by atoms with Crippen LogP contribution in [0, 0.1) is 0 Å². The zero-order valence-corrected chi connectivity index (χ0v) is 22.7. The lowest BCUT2D eigenvalue weighted by Gasteiger charge is -2.27. The molecule has 0 saturated carbocycles. The van der Waals surface area contributed by atoms with E-state index in [0.29, 0.717) is 10.6 Å². The van der Waals surface area contributed by atoms with E-state index < -0.39 is 74.7 Å². The van der Waals surface area contributed by atoms with E-state index in [1.165, 1.54) is 25.3 Å². The Morgan fingerprint density at radius 1 is 1.05 bits per heavy atom. The van der Waals surface area contributed by atoms with E-state index in [2.05, 4.69) is 5.32 Å². The van der Waals surface area contributed by atoms with Gasteiger partial charge in [-0.2, -0.15) is 13.2 Å². The zero-order valence-electron chi connectivity index (χ0n) is 21.8. The quantitative estimate of drug-likeness (QED) is 0.405. The third-order valence-corrected chi connectivity index (χ3v) is 6.64. The van der Waals surface area contributed by atoms with Gasteiger partial charge in [-0.3, -0.25) is 24.1 Å². The predicted octanol–water partition coefficient (Wildman–Crippen LogP) is 2.73. The van der Waals surface area contributed by atoms with Crippen LogP contribution >= 0.6 is 0 Å². The van der Waals surface area contributed by atoms with Crippen LogP contribution in [-0.2, 0) is 14.6 Å². The van der Waals surface area contributed by atoms with Crippen molar-refractivity contribution in [2.45, 2.75) is 26.1 Å². The van der Waals surface area contributed by atoms with Crippen molar-refractivity contribution in [3.63, 3.8) is 0 Å². The van der Waals surface area contributed by atoms with Gasteiger partial charge in [-0.1, -0.05) is 6.07 Å². The van der Waals surface area contributed by atoms with Gasteiger partial charge in [-0.05, 0) is 36.8 Å². The van der Waals surface area contributed by atoms with Crippen LogP contribution < -0.4 is 20.1 Å². The summed E-state index contributed by atoms with van der Waals surface area (Å²) in [6.07, 6.45) is -3.86. The molecule has 0 saturated heterocycles. The summed E-state index contributed by atoms with van der Waals surface area (Å²) in [5, 5.41) is 4.01. The maximum absolute atomic E-state index is 13.7. The molecular weight excluding hydrogens is 559 g/mol. The van der Waals surface area contributed by atoms with E-state index in [0.717, 1.165) is 25.3 Å². The first-order chi connectivity index (χ1) is 18.6. The second kappa shape index (κ2) is 11.5. The van der Waals surface area contributed by atoms with Gasteiger partial charge in [0.2, 0.25) is 5.91 Å². The largest absolute Gasteiger partial charge is 0.493 e. The molecule has 40 heavy (non-hydrogen) atoms. The van der Waals surface area contributed by atoms with Crippen LogP contribution in [0.3, 0.4) is 0 Å². The molecule has 2 aromatic carbocycles. The van der Waals surface area contributed by atoms with Gasteiger partial charge in [-0.25, -0.2) is 8.42 Å². The zero-order chi connectivity index (χ0) is 30.0. The van der Waals surface area contributed by atoms with Gasteiger partial charge in [0.05, 0.1) is 47.9 Å². The normalized spacial score (nSPS) is 14.0. The highest BCUT2D eigenvalue weighted by atomic mass is 32.2. The second-order valence-corrected chi connectivity index (χ2v) is 11.0. The maximum Gasteiger partial charge on any atom is 0.405 e. The number of halogens is 3. The minimum Gasteiger partial charge on any atom is -0.493 e. The summed E-state index contributed by atoms with van der Waals surface area (Å²) in [7, 11) is -2.48. The molecule has 0 aliphatic carbocycles. The van der Waals surface area contributed by atoms with Crippen molar-refractivity contribution in [3.05, 3.63) is 52.6 Å². The number of amides is 4. The number of anilines is 1. The second-order valence-electron chi connectivity index (χ2n) is 8.82. The number of methoxy groups -OCH3 is 1. The number of rotatable bonds is 10. The van der Waals surface area contributed by atoms with Crippen LogP contribution in [-0.4, -0.2) is 75.4 Å². The van der Waals surface area contributed by atoms with Gasteiger partial charge in [0, 0.05) is 13.2 Å². The molecule has 216 valence electrons. The van der Waals surface area contributed by atoms with Crippen LogP contribution in [0.15, 0.2) is 30.3 Å². The molecule has 1 aliphatic rings. The molecule has 0 bridgehead atoms. The molecule has 1 atom stereocenters. The molecule has 3 rings (SSSR count). The lowest BCUT2D eigenvalue weighted by molar-refractivity contribution is -0.123. The minimum atomic E-state index is -4.76. The van der Waals surface area contributed by atoms with Gasteiger partial charge in [0.15, 0.2) is 11.5 Å². The smallest absolute Gasteiger partial charge is 0.405 e. The Hall–Kier alpha value is -4.14. The number of fused-ring (bicyclic) bond motifs is 1. The molecule has 0 aromatic heterocycles. The number of hydrogen-bond acceptors (Lipinski definition) is 8. The molecular formula is C25H26F3N3O8S.